The van der Waals surface area contributed by atoms with Gasteiger partial charge in [-0.25, -0.2) is 0 Å². The quantitative estimate of drug-likeness (QED) is 0.218. The van der Waals surface area contributed by atoms with Crippen molar-refractivity contribution in [3.8, 4) is 0 Å². The highest BCUT2D eigenvalue weighted by atomic mass is 16.4. The van der Waals surface area contributed by atoms with Crippen molar-refractivity contribution in [2.24, 2.45) is 11.1 Å². The average molecular weight is 506 g/mol. The van der Waals surface area contributed by atoms with Gasteiger partial charge in [-0.2, -0.15) is 0 Å². The molecule has 0 heterocycles. The van der Waals surface area contributed by atoms with Crippen LogP contribution in [0.3, 0.4) is 0 Å². The number of primary amides is 1. The van der Waals surface area contributed by atoms with E-state index in [1.165, 1.54) is 0 Å². The maximum absolute atomic E-state index is 13.0. The smallest absolute Gasteiger partial charge is 0.303 e. The van der Waals surface area contributed by atoms with Crippen molar-refractivity contribution in [2.45, 2.75) is 87.7 Å². The lowest BCUT2D eigenvalue weighted by atomic mass is 9.76. The van der Waals surface area contributed by atoms with E-state index in [0.717, 1.165) is 18.4 Å². The second kappa shape index (κ2) is 11.4. The molecule has 0 saturated heterocycles. The summed E-state index contributed by atoms with van der Waals surface area (Å²) in [5, 5.41) is 46.2. The molecular formula is C25H35N3O8. The Morgan fingerprint density at radius 3 is 2.25 bits per heavy atom. The number of carboxylic acids is 1. The first-order valence-corrected chi connectivity index (χ1v) is 12.2. The summed E-state index contributed by atoms with van der Waals surface area (Å²) in [5.41, 5.74) is 3.31. The van der Waals surface area contributed by atoms with E-state index in [2.05, 4.69) is 10.6 Å². The zero-order valence-corrected chi connectivity index (χ0v) is 20.1. The molecule has 11 nitrogen and oxygen atoms in total. The summed E-state index contributed by atoms with van der Waals surface area (Å²) < 4.78 is 0. The third-order valence-corrected chi connectivity index (χ3v) is 7.34. The predicted molar refractivity (Wildman–Crippen MR) is 127 cm³/mol. The lowest BCUT2D eigenvalue weighted by molar-refractivity contribution is -0.161. The molecule has 1 aromatic rings. The first-order chi connectivity index (χ1) is 16.9. The Morgan fingerprint density at radius 2 is 1.67 bits per heavy atom. The van der Waals surface area contributed by atoms with Crippen LogP contribution in [0.2, 0.25) is 0 Å². The summed E-state index contributed by atoms with van der Waals surface area (Å²) in [6.07, 6.45) is -1.23. The number of carboxylic acid groups (broad SMARTS) is 1. The molecule has 5 atom stereocenters. The molecule has 2 aliphatic carbocycles. The fourth-order valence-electron chi connectivity index (χ4n) is 5.45. The van der Waals surface area contributed by atoms with Crippen molar-refractivity contribution in [3.05, 3.63) is 35.9 Å². The van der Waals surface area contributed by atoms with Crippen LogP contribution >= 0.6 is 0 Å². The molecule has 1 aromatic carbocycles. The van der Waals surface area contributed by atoms with Crippen LogP contribution in [0.5, 0.6) is 0 Å². The second-order valence-corrected chi connectivity index (χ2v) is 10.2. The molecule has 0 aromatic heterocycles. The maximum atomic E-state index is 13.0. The minimum Gasteiger partial charge on any atom is -0.481 e. The highest BCUT2D eigenvalue weighted by Gasteiger charge is 2.50. The van der Waals surface area contributed by atoms with E-state index in [1.807, 2.05) is 0 Å². The van der Waals surface area contributed by atoms with Crippen molar-refractivity contribution < 1.29 is 39.6 Å². The fourth-order valence-corrected chi connectivity index (χ4v) is 5.45. The van der Waals surface area contributed by atoms with E-state index in [-0.39, 0.29) is 19.3 Å². The maximum Gasteiger partial charge on any atom is 0.303 e. The van der Waals surface area contributed by atoms with E-state index in [0.29, 0.717) is 12.8 Å². The fraction of sp³-hybridized carbons (Fsp3) is 0.600. The van der Waals surface area contributed by atoms with Crippen molar-refractivity contribution in [1.82, 2.24) is 10.6 Å². The first-order valence-electron chi connectivity index (χ1n) is 12.2. The summed E-state index contributed by atoms with van der Waals surface area (Å²) in [4.78, 5) is 49.1. The van der Waals surface area contributed by atoms with Gasteiger partial charge >= 0.3 is 5.97 Å². The number of rotatable bonds is 10. The number of hydrogen-bond acceptors (Lipinski definition) is 7. The summed E-state index contributed by atoms with van der Waals surface area (Å²) >= 11 is 0. The molecule has 0 aliphatic heterocycles. The third-order valence-electron chi connectivity index (χ3n) is 7.34. The van der Waals surface area contributed by atoms with Gasteiger partial charge in [-0.15, -0.1) is 0 Å². The van der Waals surface area contributed by atoms with Gasteiger partial charge in [0.2, 0.25) is 11.8 Å². The van der Waals surface area contributed by atoms with E-state index < -0.39 is 71.8 Å². The number of nitrogens with two attached hydrogens (primary N) is 1. The summed E-state index contributed by atoms with van der Waals surface area (Å²) in [6.45, 7) is 0. The first kappa shape index (κ1) is 27.6. The monoisotopic (exact) mass is 505 g/mol. The van der Waals surface area contributed by atoms with Crippen molar-refractivity contribution in [3.63, 3.8) is 0 Å². The molecule has 3 rings (SSSR count). The molecule has 11 heteroatoms. The van der Waals surface area contributed by atoms with Gasteiger partial charge in [-0.05, 0) is 23.8 Å². The molecule has 8 N–H and O–H groups in total. The summed E-state index contributed by atoms with van der Waals surface area (Å²) in [6, 6.07) is 6.54. The minimum atomic E-state index is -2.19. The van der Waals surface area contributed by atoms with Crippen LogP contribution in [0.25, 0.3) is 0 Å². The number of hydrogen-bond donors (Lipinski definition) is 7. The minimum absolute atomic E-state index is 0.0793. The van der Waals surface area contributed by atoms with Gasteiger partial charge in [0.15, 0.2) is 0 Å². The Balaban J connectivity index is 1.68. The van der Waals surface area contributed by atoms with Gasteiger partial charge in [0, 0.05) is 25.7 Å². The number of carbonyl (C=O) groups is 4. The van der Waals surface area contributed by atoms with Gasteiger partial charge in [0.05, 0.1) is 18.6 Å². The Bertz CT molecular complexity index is 965. The molecule has 2 fully saturated rings. The van der Waals surface area contributed by atoms with Crippen molar-refractivity contribution >= 4 is 23.7 Å². The number of aliphatic hydroxyl groups excluding tert-OH is 2. The highest BCUT2D eigenvalue weighted by Crippen LogP contribution is 2.44. The largest absolute Gasteiger partial charge is 0.481 e. The van der Waals surface area contributed by atoms with Crippen LogP contribution in [0.1, 0.15) is 56.9 Å². The van der Waals surface area contributed by atoms with Gasteiger partial charge in [0.25, 0.3) is 5.91 Å². The molecule has 3 amide bonds. The second-order valence-electron chi connectivity index (χ2n) is 10.2. The molecule has 198 valence electrons. The lowest BCUT2D eigenvalue weighted by Gasteiger charge is -2.42. The molecular weight excluding hydrogens is 470 g/mol. The highest BCUT2D eigenvalue weighted by molar-refractivity contribution is 5.91. The average Bonchev–Trinajstić information content (AvgIpc) is 3.24. The Labute approximate surface area is 209 Å². The number of aliphatic carboxylic acids is 1. The van der Waals surface area contributed by atoms with Crippen LogP contribution in [0.4, 0.5) is 0 Å². The van der Waals surface area contributed by atoms with E-state index >= 15 is 0 Å². The summed E-state index contributed by atoms with van der Waals surface area (Å²) in [7, 11) is 0. The topological polar surface area (TPSA) is 199 Å². The Hall–Kier alpha value is -3.02. The van der Waals surface area contributed by atoms with Gasteiger partial charge < -0.3 is 36.8 Å². The van der Waals surface area contributed by atoms with Gasteiger partial charge in [0.1, 0.15) is 17.7 Å². The zero-order chi connectivity index (χ0) is 26.5. The third kappa shape index (κ3) is 6.80. The van der Waals surface area contributed by atoms with Crippen LogP contribution in [0.15, 0.2) is 30.3 Å². The molecule has 5 unspecified atom stereocenters. The van der Waals surface area contributed by atoms with Crippen LogP contribution in [-0.2, 0) is 25.6 Å². The SMILES string of the molecule is NC(=O)C(Cc1ccccc1)NC(=O)C1(O)CC(O)C(O)C(NC(=O)CC2(CC(=O)O)CCCC2)C1. The Morgan fingerprint density at radius 1 is 1.03 bits per heavy atom. The Kier molecular flexibility index (Phi) is 8.70. The van der Waals surface area contributed by atoms with Gasteiger partial charge in [-0.1, -0.05) is 43.2 Å². The van der Waals surface area contributed by atoms with E-state index in [4.69, 9.17) is 5.73 Å². The van der Waals surface area contributed by atoms with E-state index in [9.17, 15) is 39.6 Å². The van der Waals surface area contributed by atoms with E-state index in [1.54, 1.807) is 30.3 Å². The molecule has 2 saturated carbocycles. The molecule has 36 heavy (non-hydrogen) atoms. The normalized spacial score (nSPS) is 28.1. The number of aliphatic hydroxyl groups is 3. The number of amides is 3. The van der Waals surface area contributed by atoms with Crippen LogP contribution in [0, 0.1) is 5.41 Å². The number of nitrogens with one attached hydrogen (secondary N) is 2. The van der Waals surface area contributed by atoms with Crippen molar-refractivity contribution in [2.75, 3.05) is 0 Å². The lowest BCUT2D eigenvalue weighted by Crippen LogP contribution is -2.64. The van der Waals surface area contributed by atoms with Gasteiger partial charge in [-0.3, -0.25) is 19.2 Å². The predicted octanol–water partition coefficient (Wildman–Crippen LogP) is -0.644. The number of benzene rings is 1. The van der Waals surface area contributed by atoms with Crippen molar-refractivity contribution in [1.29, 1.82) is 0 Å². The number of carbonyl (C=O) groups excluding carboxylic acids is 3. The standard InChI is InChI=1S/C25H35N3O8/c26-22(34)16(10-15-6-2-1-3-7-15)28-23(35)25(36)11-17(21(33)18(29)12-25)27-19(30)13-24(14-20(31)32)8-4-5-9-24/h1-3,6-7,16-18,21,29,33,36H,4-5,8-14H2,(H2,26,34)(H,27,30)(H,28,35)(H,31,32). The zero-order valence-electron chi connectivity index (χ0n) is 20.1. The molecule has 0 spiro atoms. The summed E-state index contributed by atoms with van der Waals surface area (Å²) in [5.74, 6) is -3.29. The molecule has 2 aliphatic rings. The van der Waals surface area contributed by atoms with Crippen LogP contribution < -0.4 is 16.4 Å². The molecule has 0 radical (unpaired) electrons. The van der Waals surface area contributed by atoms with Crippen LogP contribution in [-0.4, -0.2) is 74.0 Å². The molecule has 0 bridgehead atoms.